The third-order valence-corrected chi connectivity index (χ3v) is 5.94. The molecule has 4 aromatic rings. The molecule has 0 spiro atoms. The third kappa shape index (κ3) is 4.62. The Hall–Kier alpha value is -2.38. The highest BCUT2D eigenvalue weighted by molar-refractivity contribution is 7.21. The van der Waals surface area contributed by atoms with Crippen LogP contribution in [0.5, 0.6) is 5.75 Å². The van der Waals surface area contributed by atoms with Crippen LogP contribution in [0.25, 0.3) is 20.9 Å². The van der Waals surface area contributed by atoms with Crippen molar-refractivity contribution in [1.29, 1.82) is 0 Å². The van der Waals surface area contributed by atoms with Crippen LogP contribution in [0.1, 0.15) is 0 Å². The molecule has 29 heavy (non-hydrogen) atoms. The maximum Gasteiger partial charge on any atom is 0.262 e. The number of hydrogen-bond donors (Lipinski definition) is 1. The average Bonchev–Trinajstić information content (AvgIpc) is 3.14. The Kier molecular flexibility index (Phi) is 5.87. The number of ether oxygens (including phenoxy) is 1. The van der Waals surface area contributed by atoms with Crippen molar-refractivity contribution in [3.63, 3.8) is 0 Å². The SMILES string of the molecule is O=C(COc1cc(Cl)c(Cl)cc1Cl)Nc1cccc(-c2nc3cccnc3s2)c1. The van der Waals surface area contributed by atoms with E-state index < -0.39 is 0 Å². The smallest absolute Gasteiger partial charge is 0.262 e. The van der Waals surface area contributed by atoms with E-state index in [4.69, 9.17) is 39.5 Å². The molecule has 0 fully saturated rings. The van der Waals surface area contributed by atoms with Crippen molar-refractivity contribution in [3.05, 3.63) is 69.8 Å². The minimum atomic E-state index is -0.338. The standard InChI is InChI=1S/C20H12Cl3N3O2S/c21-13-8-15(23)17(9-14(13)22)28-10-18(27)25-12-4-1-3-11(7-12)19-26-16-5-2-6-24-20(16)29-19/h1-9H,10H2,(H,25,27). The van der Waals surface area contributed by atoms with Gasteiger partial charge in [0.05, 0.1) is 15.1 Å². The largest absolute Gasteiger partial charge is 0.482 e. The first kappa shape index (κ1) is 19.9. The van der Waals surface area contributed by atoms with Crippen LogP contribution in [0, 0.1) is 0 Å². The van der Waals surface area contributed by atoms with Crippen LogP contribution >= 0.6 is 46.1 Å². The van der Waals surface area contributed by atoms with Crippen molar-refractivity contribution in [2.75, 3.05) is 11.9 Å². The van der Waals surface area contributed by atoms with Gasteiger partial charge >= 0.3 is 0 Å². The van der Waals surface area contributed by atoms with Gasteiger partial charge in [0.15, 0.2) is 6.61 Å². The molecule has 146 valence electrons. The van der Waals surface area contributed by atoms with E-state index in [0.717, 1.165) is 20.9 Å². The van der Waals surface area contributed by atoms with Gasteiger partial charge in [-0.05, 0) is 30.3 Å². The van der Waals surface area contributed by atoms with Crippen LogP contribution in [-0.2, 0) is 4.79 Å². The summed E-state index contributed by atoms with van der Waals surface area (Å²) in [6.07, 6.45) is 1.74. The number of rotatable bonds is 5. The van der Waals surface area contributed by atoms with Gasteiger partial charge in [0, 0.05) is 23.5 Å². The Morgan fingerprint density at radius 3 is 2.69 bits per heavy atom. The van der Waals surface area contributed by atoms with Crippen LogP contribution in [-0.4, -0.2) is 22.5 Å². The molecule has 0 aliphatic carbocycles. The molecule has 0 bridgehead atoms. The van der Waals surface area contributed by atoms with Crippen LogP contribution in [0.15, 0.2) is 54.7 Å². The Morgan fingerprint density at radius 2 is 1.86 bits per heavy atom. The Labute approximate surface area is 185 Å². The molecule has 5 nitrogen and oxygen atoms in total. The zero-order valence-electron chi connectivity index (χ0n) is 14.7. The molecule has 0 unspecified atom stereocenters. The Bertz CT molecular complexity index is 1180. The lowest BCUT2D eigenvalue weighted by atomic mass is 10.2. The summed E-state index contributed by atoms with van der Waals surface area (Å²) < 4.78 is 5.46. The normalized spacial score (nSPS) is 10.9. The van der Waals surface area contributed by atoms with Crippen molar-refractivity contribution < 1.29 is 9.53 Å². The summed E-state index contributed by atoms with van der Waals surface area (Å²) in [6, 6.07) is 14.1. The first-order valence-electron chi connectivity index (χ1n) is 8.39. The summed E-state index contributed by atoms with van der Waals surface area (Å²) >= 11 is 19.4. The van der Waals surface area contributed by atoms with E-state index in [-0.39, 0.29) is 23.3 Å². The number of amides is 1. The summed E-state index contributed by atoms with van der Waals surface area (Å²) in [7, 11) is 0. The second-order valence-corrected chi connectivity index (χ2v) is 8.16. The number of anilines is 1. The van der Waals surface area contributed by atoms with E-state index >= 15 is 0 Å². The van der Waals surface area contributed by atoms with Crippen molar-refractivity contribution in [2.45, 2.75) is 0 Å². The monoisotopic (exact) mass is 463 g/mol. The predicted octanol–water partition coefficient (Wildman–Crippen LogP) is 6.34. The summed E-state index contributed by atoms with van der Waals surface area (Å²) in [5.41, 5.74) is 2.36. The van der Waals surface area contributed by atoms with Crippen molar-refractivity contribution in [1.82, 2.24) is 9.97 Å². The number of hydrogen-bond acceptors (Lipinski definition) is 5. The van der Waals surface area contributed by atoms with E-state index in [1.54, 1.807) is 12.3 Å². The fourth-order valence-electron chi connectivity index (χ4n) is 2.58. The lowest BCUT2D eigenvalue weighted by molar-refractivity contribution is -0.118. The quantitative estimate of drug-likeness (QED) is 0.350. The number of aromatic nitrogens is 2. The molecule has 0 radical (unpaired) electrons. The minimum absolute atomic E-state index is 0.229. The third-order valence-electron chi connectivity index (χ3n) is 3.89. The van der Waals surface area contributed by atoms with Crippen LogP contribution in [0.3, 0.4) is 0 Å². The fourth-order valence-corrected chi connectivity index (χ4v) is 4.07. The van der Waals surface area contributed by atoms with Crippen LogP contribution in [0.2, 0.25) is 15.1 Å². The van der Waals surface area contributed by atoms with Gasteiger partial charge in [-0.15, -0.1) is 0 Å². The van der Waals surface area contributed by atoms with E-state index in [0.29, 0.717) is 15.7 Å². The van der Waals surface area contributed by atoms with Gasteiger partial charge in [-0.3, -0.25) is 4.79 Å². The highest BCUT2D eigenvalue weighted by Crippen LogP contribution is 2.34. The lowest BCUT2D eigenvalue weighted by Gasteiger charge is -2.10. The van der Waals surface area contributed by atoms with Crippen molar-refractivity contribution in [2.24, 2.45) is 0 Å². The zero-order chi connectivity index (χ0) is 20.4. The molecular formula is C20H12Cl3N3O2S. The highest BCUT2D eigenvalue weighted by Gasteiger charge is 2.11. The molecule has 2 aromatic heterocycles. The summed E-state index contributed by atoms with van der Waals surface area (Å²) in [5, 5.41) is 4.51. The first-order chi connectivity index (χ1) is 14.0. The van der Waals surface area contributed by atoms with Gasteiger partial charge in [-0.2, -0.15) is 0 Å². The molecule has 0 saturated heterocycles. The molecule has 2 heterocycles. The van der Waals surface area contributed by atoms with Crippen LogP contribution < -0.4 is 10.1 Å². The molecule has 4 rings (SSSR count). The molecule has 9 heteroatoms. The summed E-state index contributed by atoms with van der Waals surface area (Å²) in [6.45, 7) is -0.229. The van der Waals surface area contributed by atoms with E-state index in [9.17, 15) is 4.79 Å². The number of fused-ring (bicyclic) bond motifs is 1. The van der Waals surface area contributed by atoms with Crippen molar-refractivity contribution in [3.8, 4) is 16.3 Å². The number of benzene rings is 2. The van der Waals surface area contributed by atoms with Crippen molar-refractivity contribution >= 4 is 68.1 Å². The molecule has 0 atom stereocenters. The van der Waals surface area contributed by atoms with E-state index in [2.05, 4.69) is 15.3 Å². The molecule has 2 aromatic carbocycles. The van der Waals surface area contributed by atoms with Gasteiger partial charge in [0.25, 0.3) is 5.91 Å². The Balaban J connectivity index is 1.45. The second kappa shape index (κ2) is 8.55. The maximum atomic E-state index is 12.3. The van der Waals surface area contributed by atoms with Gasteiger partial charge in [-0.1, -0.05) is 58.3 Å². The van der Waals surface area contributed by atoms with Gasteiger partial charge in [0.2, 0.25) is 0 Å². The maximum absolute atomic E-state index is 12.3. The molecule has 1 N–H and O–H groups in total. The predicted molar refractivity (Wildman–Crippen MR) is 118 cm³/mol. The number of halogens is 3. The first-order valence-corrected chi connectivity index (χ1v) is 10.3. The topological polar surface area (TPSA) is 64.1 Å². The van der Waals surface area contributed by atoms with Gasteiger partial charge in [-0.25, -0.2) is 9.97 Å². The molecular weight excluding hydrogens is 453 g/mol. The van der Waals surface area contributed by atoms with Gasteiger partial charge in [0.1, 0.15) is 21.1 Å². The number of pyridine rings is 1. The number of nitrogens with one attached hydrogen (secondary N) is 1. The second-order valence-electron chi connectivity index (χ2n) is 5.96. The summed E-state index contributed by atoms with van der Waals surface area (Å²) in [4.78, 5) is 22.0. The number of carbonyl (C=O) groups excluding carboxylic acids is 1. The highest BCUT2D eigenvalue weighted by atomic mass is 35.5. The average molecular weight is 465 g/mol. The number of nitrogens with zero attached hydrogens (tertiary/aromatic N) is 2. The number of carbonyl (C=O) groups is 1. The fraction of sp³-hybridized carbons (Fsp3) is 0.0500. The molecule has 0 aliphatic heterocycles. The minimum Gasteiger partial charge on any atom is -0.482 e. The number of thiazole rings is 1. The molecule has 1 amide bonds. The Morgan fingerprint density at radius 1 is 1.03 bits per heavy atom. The van der Waals surface area contributed by atoms with Gasteiger partial charge < -0.3 is 10.1 Å². The van der Waals surface area contributed by atoms with E-state index in [1.165, 1.54) is 23.5 Å². The molecule has 0 saturated carbocycles. The van der Waals surface area contributed by atoms with E-state index in [1.807, 2.05) is 30.3 Å². The zero-order valence-corrected chi connectivity index (χ0v) is 17.7. The summed E-state index contributed by atoms with van der Waals surface area (Å²) in [5.74, 6) is -0.0535. The molecule has 0 aliphatic rings. The van der Waals surface area contributed by atoms with Crippen LogP contribution in [0.4, 0.5) is 5.69 Å². The lowest BCUT2D eigenvalue weighted by Crippen LogP contribution is -2.20.